The molecule has 1 nitrogen and oxygen atoms in total. The van der Waals surface area contributed by atoms with Crippen molar-refractivity contribution in [2.24, 2.45) is 0 Å². The number of para-hydroxylation sites is 1. The first-order chi connectivity index (χ1) is 8.83. The highest BCUT2D eigenvalue weighted by Gasteiger charge is 2.09. The van der Waals surface area contributed by atoms with Crippen molar-refractivity contribution in [3.05, 3.63) is 60.2 Å². The van der Waals surface area contributed by atoms with Gasteiger partial charge in [-0.2, -0.15) is 0 Å². The summed E-state index contributed by atoms with van der Waals surface area (Å²) < 4.78 is 6.02. The third-order valence-corrected chi connectivity index (χ3v) is 3.52. The van der Waals surface area contributed by atoms with Crippen molar-refractivity contribution in [2.75, 3.05) is 0 Å². The van der Waals surface area contributed by atoms with Gasteiger partial charge in [-0.1, -0.05) is 42.0 Å². The highest BCUT2D eigenvalue weighted by molar-refractivity contribution is 6.14. The van der Waals surface area contributed by atoms with Crippen LogP contribution in [0, 0.1) is 6.92 Å². The summed E-state index contributed by atoms with van der Waals surface area (Å²) in [5, 5.41) is 4.82. The van der Waals surface area contributed by atoms with E-state index in [2.05, 4.69) is 49.4 Å². The van der Waals surface area contributed by atoms with E-state index in [0.717, 1.165) is 11.2 Å². The zero-order chi connectivity index (χ0) is 12.1. The Morgan fingerprint density at radius 3 is 2.56 bits per heavy atom. The Bertz CT molecular complexity index is 884. The zero-order valence-corrected chi connectivity index (χ0v) is 10.1. The number of benzene rings is 3. The van der Waals surface area contributed by atoms with Crippen molar-refractivity contribution in [1.82, 2.24) is 0 Å². The van der Waals surface area contributed by atoms with Crippen LogP contribution in [0.4, 0.5) is 0 Å². The molecule has 0 aliphatic rings. The van der Waals surface area contributed by atoms with Crippen LogP contribution < -0.4 is 0 Å². The molecule has 86 valence electrons. The van der Waals surface area contributed by atoms with Crippen LogP contribution in [0.2, 0.25) is 0 Å². The quantitative estimate of drug-likeness (QED) is 0.413. The van der Waals surface area contributed by atoms with Gasteiger partial charge in [0.25, 0.3) is 0 Å². The zero-order valence-electron chi connectivity index (χ0n) is 10.1. The molecule has 0 bridgehead atoms. The molecule has 0 radical (unpaired) electrons. The predicted octanol–water partition coefficient (Wildman–Crippen LogP) is 5.05. The average molecular weight is 232 g/mol. The molecule has 0 spiro atoms. The lowest BCUT2D eigenvalue weighted by molar-refractivity contribution is 0.672. The van der Waals surface area contributed by atoms with E-state index in [1.165, 1.54) is 27.1 Å². The summed E-state index contributed by atoms with van der Waals surface area (Å²) in [4.78, 5) is 0. The second-order valence-corrected chi connectivity index (χ2v) is 4.77. The van der Waals surface area contributed by atoms with E-state index in [4.69, 9.17) is 4.42 Å². The molecule has 0 fully saturated rings. The van der Waals surface area contributed by atoms with Crippen LogP contribution >= 0.6 is 0 Å². The maximum atomic E-state index is 6.02. The topological polar surface area (TPSA) is 13.1 Å². The van der Waals surface area contributed by atoms with Gasteiger partial charge in [0.05, 0.1) is 0 Å². The summed E-state index contributed by atoms with van der Waals surface area (Å²) in [5.41, 5.74) is 3.22. The summed E-state index contributed by atoms with van der Waals surface area (Å²) in [7, 11) is 0. The fraction of sp³-hybridized carbons (Fsp3) is 0.0588. The molecular weight excluding hydrogens is 220 g/mol. The maximum absolute atomic E-state index is 6.02. The van der Waals surface area contributed by atoms with Crippen molar-refractivity contribution in [3.63, 3.8) is 0 Å². The van der Waals surface area contributed by atoms with Gasteiger partial charge in [-0.25, -0.2) is 0 Å². The molecule has 1 aromatic heterocycles. The average Bonchev–Trinajstić information content (AvgIpc) is 2.78. The second kappa shape index (κ2) is 3.36. The van der Waals surface area contributed by atoms with Crippen LogP contribution in [0.15, 0.2) is 59.0 Å². The van der Waals surface area contributed by atoms with E-state index in [1.54, 1.807) is 0 Å². The minimum Gasteiger partial charge on any atom is -0.455 e. The summed E-state index contributed by atoms with van der Waals surface area (Å²) in [6, 6.07) is 19.0. The first-order valence-electron chi connectivity index (χ1n) is 6.13. The Hall–Kier alpha value is -2.28. The van der Waals surface area contributed by atoms with E-state index < -0.39 is 0 Å². The fourth-order valence-electron chi connectivity index (χ4n) is 2.62. The van der Waals surface area contributed by atoms with Crippen LogP contribution in [-0.2, 0) is 0 Å². The lowest BCUT2D eigenvalue weighted by Gasteiger charge is -2.00. The molecule has 1 heteroatoms. The Kier molecular flexibility index (Phi) is 1.81. The third kappa shape index (κ3) is 1.22. The van der Waals surface area contributed by atoms with Crippen molar-refractivity contribution >= 4 is 32.7 Å². The van der Waals surface area contributed by atoms with Crippen LogP contribution in [0.1, 0.15) is 5.56 Å². The first-order valence-corrected chi connectivity index (χ1v) is 6.13. The number of aryl methyl sites for hydroxylation is 1. The van der Waals surface area contributed by atoms with Gasteiger partial charge < -0.3 is 4.42 Å². The fourth-order valence-corrected chi connectivity index (χ4v) is 2.62. The molecule has 0 saturated heterocycles. The molecule has 4 aromatic rings. The van der Waals surface area contributed by atoms with E-state index >= 15 is 0 Å². The number of furan rings is 1. The lowest BCUT2D eigenvalue weighted by Crippen LogP contribution is -1.76. The first kappa shape index (κ1) is 9.72. The van der Waals surface area contributed by atoms with Gasteiger partial charge in [-0.3, -0.25) is 0 Å². The minimum absolute atomic E-state index is 0.960. The van der Waals surface area contributed by atoms with Crippen LogP contribution in [-0.4, -0.2) is 0 Å². The highest BCUT2D eigenvalue weighted by atomic mass is 16.3. The van der Waals surface area contributed by atoms with E-state index in [-0.39, 0.29) is 0 Å². The van der Waals surface area contributed by atoms with E-state index in [9.17, 15) is 0 Å². The minimum atomic E-state index is 0.960. The van der Waals surface area contributed by atoms with Gasteiger partial charge in [0, 0.05) is 16.2 Å². The largest absolute Gasteiger partial charge is 0.455 e. The smallest absolute Gasteiger partial charge is 0.143 e. The van der Waals surface area contributed by atoms with E-state index in [1.807, 2.05) is 12.1 Å². The molecule has 0 atom stereocenters. The number of hydrogen-bond donors (Lipinski definition) is 0. The Morgan fingerprint density at radius 2 is 1.61 bits per heavy atom. The summed E-state index contributed by atoms with van der Waals surface area (Å²) in [6.45, 7) is 2.11. The van der Waals surface area contributed by atoms with Crippen molar-refractivity contribution in [3.8, 4) is 0 Å². The molecule has 0 N–H and O–H groups in total. The molecule has 0 aliphatic carbocycles. The lowest BCUT2D eigenvalue weighted by atomic mass is 10.0. The summed E-state index contributed by atoms with van der Waals surface area (Å²) in [5.74, 6) is 0. The number of rotatable bonds is 0. The summed E-state index contributed by atoms with van der Waals surface area (Å²) >= 11 is 0. The molecule has 1 heterocycles. The standard InChI is InChI=1S/C17H12O/c1-11-6-7-12-8-9-14-13-4-2-3-5-16(13)18-17(14)15(12)10-11/h2-10H,1H3. The van der Waals surface area contributed by atoms with Gasteiger partial charge in [-0.05, 0) is 30.5 Å². The molecule has 18 heavy (non-hydrogen) atoms. The Balaban J connectivity index is 2.31. The Morgan fingerprint density at radius 1 is 0.778 bits per heavy atom. The highest BCUT2D eigenvalue weighted by Crippen LogP contribution is 2.33. The van der Waals surface area contributed by atoms with Crippen molar-refractivity contribution in [2.45, 2.75) is 6.92 Å². The van der Waals surface area contributed by atoms with Gasteiger partial charge in [0.1, 0.15) is 11.2 Å². The molecule has 0 unspecified atom stereocenters. The van der Waals surface area contributed by atoms with Gasteiger partial charge in [-0.15, -0.1) is 0 Å². The maximum Gasteiger partial charge on any atom is 0.143 e. The van der Waals surface area contributed by atoms with Crippen LogP contribution in [0.3, 0.4) is 0 Å². The monoisotopic (exact) mass is 232 g/mol. The van der Waals surface area contributed by atoms with Gasteiger partial charge >= 0.3 is 0 Å². The van der Waals surface area contributed by atoms with Crippen LogP contribution in [0.25, 0.3) is 32.7 Å². The second-order valence-electron chi connectivity index (χ2n) is 4.77. The van der Waals surface area contributed by atoms with Crippen LogP contribution in [0.5, 0.6) is 0 Å². The molecule has 4 rings (SSSR count). The summed E-state index contributed by atoms with van der Waals surface area (Å²) in [6.07, 6.45) is 0. The van der Waals surface area contributed by atoms with Gasteiger partial charge in [0.15, 0.2) is 0 Å². The SMILES string of the molecule is Cc1ccc2ccc3c4ccccc4oc3c2c1. The van der Waals surface area contributed by atoms with Crippen molar-refractivity contribution in [1.29, 1.82) is 0 Å². The van der Waals surface area contributed by atoms with E-state index in [0.29, 0.717) is 0 Å². The molecule has 0 aliphatic heterocycles. The predicted molar refractivity (Wildman–Crippen MR) is 76.0 cm³/mol. The van der Waals surface area contributed by atoms with Gasteiger partial charge in [0.2, 0.25) is 0 Å². The third-order valence-electron chi connectivity index (χ3n) is 3.52. The normalized spacial score (nSPS) is 11.6. The molecule has 3 aromatic carbocycles. The molecule has 0 saturated carbocycles. The number of fused-ring (bicyclic) bond motifs is 5. The molecular formula is C17H12O. The van der Waals surface area contributed by atoms with Crippen molar-refractivity contribution < 1.29 is 4.42 Å². The Labute approximate surface area is 105 Å². The number of hydrogen-bond acceptors (Lipinski definition) is 1. The molecule has 0 amide bonds.